The number of pyridine rings is 1. The first-order valence-electron chi connectivity index (χ1n) is 11.4. The summed E-state index contributed by atoms with van der Waals surface area (Å²) in [5.74, 6) is -4.30. The molecular formula is C25H32N4O6. The van der Waals surface area contributed by atoms with Gasteiger partial charge in [0.05, 0.1) is 18.0 Å². The van der Waals surface area contributed by atoms with Crippen LogP contribution in [0.15, 0.2) is 36.4 Å². The monoisotopic (exact) mass is 484 g/mol. The molecule has 188 valence electrons. The fourth-order valence-electron chi connectivity index (χ4n) is 3.58. The lowest BCUT2D eigenvalue weighted by Crippen LogP contribution is -2.57. The molecule has 0 radical (unpaired) electrons. The maximum absolute atomic E-state index is 13.0. The number of hydrogen-bond donors (Lipinski definition) is 4. The first-order chi connectivity index (χ1) is 16.4. The summed E-state index contributed by atoms with van der Waals surface area (Å²) in [6, 6.07) is 7.24. The van der Waals surface area contributed by atoms with Crippen molar-refractivity contribution in [3.8, 4) is 0 Å². The first kappa shape index (κ1) is 27.4. The maximum atomic E-state index is 13.0. The lowest BCUT2D eigenvalue weighted by atomic mass is 9.99. The molecule has 4 N–H and O–H groups in total. The second-order valence-electron chi connectivity index (χ2n) is 9.08. The van der Waals surface area contributed by atoms with Crippen molar-refractivity contribution in [3.63, 3.8) is 0 Å². The molecule has 0 saturated carbocycles. The Morgan fingerprint density at radius 1 is 0.829 bits per heavy atom. The van der Waals surface area contributed by atoms with Gasteiger partial charge in [0.1, 0.15) is 17.8 Å². The molecule has 1 aromatic heterocycles. The van der Waals surface area contributed by atoms with Crippen LogP contribution in [0.4, 0.5) is 0 Å². The van der Waals surface area contributed by atoms with Gasteiger partial charge in [0.2, 0.25) is 11.8 Å². The average Bonchev–Trinajstić information content (AvgIpc) is 2.78. The van der Waals surface area contributed by atoms with Gasteiger partial charge >= 0.3 is 5.97 Å². The quantitative estimate of drug-likeness (QED) is 0.378. The predicted molar refractivity (Wildman–Crippen MR) is 129 cm³/mol. The van der Waals surface area contributed by atoms with Crippen LogP contribution in [0.2, 0.25) is 0 Å². The van der Waals surface area contributed by atoms with Crippen molar-refractivity contribution in [1.29, 1.82) is 0 Å². The van der Waals surface area contributed by atoms with Crippen LogP contribution in [0.25, 0.3) is 10.9 Å². The van der Waals surface area contributed by atoms with E-state index >= 15 is 0 Å². The minimum Gasteiger partial charge on any atom is -0.481 e. The number of carboxylic acid groups (broad SMARTS) is 1. The van der Waals surface area contributed by atoms with Crippen LogP contribution in [0.3, 0.4) is 0 Å². The van der Waals surface area contributed by atoms with E-state index in [4.69, 9.17) is 0 Å². The molecule has 10 heteroatoms. The highest BCUT2D eigenvalue weighted by molar-refractivity contribution is 5.99. The molecule has 0 aliphatic heterocycles. The Hall–Kier alpha value is -3.82. The standard InChI is InChI=1S/C25H32N4O6/c1-13(2)21(15(5)30)28-24(34)19(12-20(31)32)27-25(35)22(14(3)4)29-23(33)18-11-10-16-8-6-7-9-17(16)26-18/h6-11,13-14,19,21-22H,12H2,1-5H3,(H,27,35)(H,28,34)(H,29,33)(H,31,32)/t19-,21-,22-/m0/s1. The van der Waals surface area contributed by atoms with Crippen molar-refractivity contribution >= 4 is 40.4 Å². The van der Waals surface area contributed by atoms with Gasteiger partial charge in [-0.25, -0.2) is 4.98 Å². The molecule has 0 aliphatic carbocycles. The Balaban J connectivity index is 2.19. The number of hydrogen-bond acceptors (Lipinski definition) is 6. The van der Waals surface area contributed by atoms with E-state index < -0.39 is 48.2 Å². The van der Waals surface area contributed by atoms with E-state index in [-0.39, 0.29) is 23.3 Å². The van der Waals surface area contributed by atoms with E-state index in [1.807, 2.05) is 12.1 Å². The van der Waals surface area contributed by atoms with Crippen LogP contribution in [-0.4, -0.2) is 57.7 Å². The van der Waals surface area contributed by atoms with Gasteiger partial charge in [0.25, 0.3) is 5.91 Å². The molecule has 3 atom stereocenters. The van der Waals surface area contributed by atoms with Gasteiger partial charge in [-0.15, -0.1) is 0 Å². The van der Waals surface area contributed by atoms with E-state index in [9.17, 15) is 29.1 Å². The molecule has 3 amide bonds. The zero-order valence-corrected chi connectivity index (χ0v) is 20.5. The number of fused-ring (bicyclic) bond motifs is 1. The lowest BCUT2D eigenvalue weighted by molar-refractivity contribution is -0.141. The number of rotatable bonds is 11. The highest BCUT2D eigenvalue weighted by Gasteiger charge is 2.32. The number of para-hydroxylation sites is 1. The van der Waals surface area contributed by atoms with Crippen molar-refractivity contribution in [2.45, 2.75) is 59.2 Å². The molecular weight excluding hydrogens is 452 g/mol. The minimum absolute atomic E-state index is 0.114. The fourth-order valence-corrected chi connectivity index (χ4v) is 3.58. The number of carboxylic acids is 1. The average molecular weight is 485 g/mol. The predicted octanol–water partition coefficient (Wildman–Crippen LogP) is 1.68. The molecule has 35 heavy (non-hydrogen) atoms. The van der Waals surface area contributed by atoms with Crippen molar-refractivity contribution in [1.82, 2.24) is 20.9 Å². The number of Topliss-reactive ketones (excluding diaryl/α,β-unsaturated/α-hetero) is 1. The zero-order valence-electron chi connectivity index (χ0n) is 20.5. The molecule has 0 unspecified atom stereocenters. The maximum Gasteiger partial charge on any atom is 0.305 e. The van der Waals surface area contributed by atoms with E-state index in [1.165, 1.54) is 6.92 Å². The van der Waals surface area contributed by atoms with E-state index in [1.54, 1.807) is 52.0 Å². The van der Waals surface area contributed by atoms with Gasteiger partial charge in [0, 0.05) is 5.39 Å². The number of carbonyl (C=O) groups is 5. The summed E-state index contributed by atoms with van der Waals surface area (Å²) in [5.41, 5.74) is 0.734. The minimum atomic E-state index is -1.43. The third-order valence-corrected chi connectivity index (χ3v) is 5.48. The van der Waals surface area contributed by atoms with Gasteiger partial charge in [-0.2, -0.15) is 0 Å². The van der Waals surface area contributed by atoms with E-state index in [0.29, 0.717) is 5.52 Å². The van der Waals surface area contributed by atoms with Gasteiger partial charge < -0.3 is 21.1 Å². The molecule has 1 heterocycles. The molecule has 2 aromatic rings. The van der Waals surface area contributed by atoms with Crippen LogP contribution in [0.5, 0.6) is 0 Å². The number of aliphatic carboxylic acids is 1. The smallest absolute Gasteiger partial charge is 0.305 e. The molecule has 0 saturated heterocycles. The summed E-state index contributed by atoms with van der Waals surface area (Å²) in [7, 11) is 0. The van der Waals surface area contributed by atoms with Crippen molar-refractivity contribution in [2.75, 3.05) is 0 Å². The number of amides is 3. The third-order valence-electron chi connectivity index (χ3n) is 5.48. The van der Waals surface area contributed by atoms with Crippen LogP contribution in [0, 0.1) is 11.8 Å². The number of nitrogens with one attached hydrogen (secondary N) is 3. The number of ketones is 1. The summed E-state index contributed by atoms with van der Waals surface area (Å²) in [6.45, 7) is 8.20. The second-order valence-corrected chi connectivity index (χ2v) is 9.08. The van der Waals surface area contributed by atoms with Crippen LogP contribution in [-0.2, 0) is 19.2 Å². The highest BCUT2D eigenvalue weighted by Crippen LogP contribution is 2.13. The molecule has 2 rings (SSSR count). The molecule has 1 aromatic carbocycles. The molecule has 0 fully saturated rings. The normalized spacial score (nSPS) is 13.7. The topological polar surface area (TPSA) is 155 Å². The number of aromatic nitrogens is 1. The van der Waals surface area contributed by atoms with Gasteiger partial charge in [-0.3, -0.25) is 24.0 Å². The van der Waals surface area contributed by atoms with Crippen LogP contribution >= 0.6 is 0 Å². The molecule has 0 spiro atoms. The van der Waals surface area contributed by atoms with Crippen molar-refractivity contribution in [2.24, 2.45) is 11.8 Å². The highest BCUT2D eigenvalue weighted by atomic mass is 16.4. The summed E-state index contributed by atoms with van der Waals surface area (Å²) in [6.07, 6.45) is -0.689. The Labute approximate surface area is 203 Å². The van der Waals surface area contributed by atoms with E-state index in [2.05, 4.69) is 20.9 Å². The molecule has 0 bridgehead atoms. The first-order valence-corrected chi connectivity index (χ1v) is 11.4. The Kier molecular flexibility index (Phi) is 9.44. The van der Waals surface area contributed by atoms with Gasteiger partial charge in [0.15, 0.2) is 5.78 Å². The Morgan fingerprint density at radius 2 is 1.46 bits per heavy atom. The zero-order chi connectivity index (χ0) is 26.3. The lowest BCUT2D eigenvalue weighted by Gasteiger charge is -2.26. The molecule has 10 nitrogen and oxygen atoms in total. The molecule has 0 aliphatic rings. The van der Waals surface area contributed by atoms with Gasteiger partial charge in [-0.05, 0) is 30.9 Å². The second kappa shape index (κ2) is 12.0. The summed E-state index contributed by atoms with van der Waals surface area (Å²) >= 11 is 0. The largest absolute Gasteiger partial charge is 0.481 e. The number of nitrogens with zero attached hydrogens (tertiary/aromatic N) is 1. The summed E-state index contributed by atoms with van der Waals surface area (Å²) in [5, 5.41) is 17.7. The van der Waals surface area contributed by atoms with E-state index in [0.717, 1.165) is 5.39 Å². The van der Waals surface area contributed by atoms with Crippen molar-refractivity contribution < 1.29 is 29.1 Å². The summed E-state index contributed by atoms with van der Waals surface area (Å²) < 4.78 is 0. The third kappa shape index (κ3) is 7.59. The number of carbonyl (C=O) groups excluding carboxylic acids is 4. The van der Waals surface area contributed by atoms with Gasteiger partial charge in [-0.1, -0.05) is 52.0 Å². The SMILES string of the molecule is CC(=O)[C@@H](NC(=O)[C@H](CC(=O)O)NC(=O)[C@@H](NC(=O)c1ccc2ccccc2n1)C(C)C)C(C)C. The van der Waals surface area contributed by atoms with Crippen LogP contribution in [0.1, 0.15) is 51.5 Å². The van der Waals surface area contributed by atoms with Crippen molar-refractivity contribution in [3.05, 3.63) is 42.1 Å². The number of benzene rings is 1. The van der Waals surface area contributed by atoms with Crippen LogP contribution < -0.4 is 16.0 Å². The Morgan fingerprint density at radius 3 is 2.03 bits per heavy atom. The fraction of sp³-hybridized carbons (Fsp3) is 0.440. The summed E-state index contributed by atoms with van der Waals surface area (Å²) in [4.78, 5) is 66.1. The Bertz CT molecular complexity index is 1110.